The number of hydrogen-bond acceptors (Lipinski definition) is 10. The molecule has 0 spiro atoms. The van der Waals surface area contributed by atoms with Crippen LogP contribution < -0.4 is 5.19 Å². The van der Waals surface area contributed by atoms with Gasteiger partial charge in [-0.15, -0.1) is 0 Å². The third kappa shape index (κ3) is 10.2. The van der Waals surface area contributed by atoms with E-state index >= 15 is 0 Å². The van der Waals surface area contributed by atoms with Gasteiger partial charge in [0.2, 0.25) is 0 Å². The maximum atomic E-state index is 5.32. The summed E-state index contributed by atoms with van der Waals surface area (Å²) in [5, 5.41) is 0.975. The highest BCUT2D eigenvalue weighted by Gasteiger charge is 2.41. The van der Waals surface area contributed by atoms with Crippen LogP contribution in [0.4, 0.5) is 0 Å². The highest BCUT2D eigenvalue weighted by molar-refractivity contribution is 6.75. The first-order valence-corrected chi connectivity index (χ1v) is 14.4. The molecule has 0 atom stereocenters. The Morgan fingerprint density at radius 1 is 0.467 bits per heavy atom. The molecular weight excluding hydrogens is 448 g/mol. The molecule has 0 bridgehead atoms. The molecule has 30 heavy (non-hydrogen) atoms. The largest absolute Gasteiger partial charge is 0.678 e. The summed E-state index contributed by atoms with van der Waals surface area (Å²) < 4.78 is 50.2. The van der Waals surface area contributed by atoms with Gasteiger partial charge in [0.1, 0.15) is 0 Å². The Morgan fingerprint density at radius 3 is 0.967 bits per heavy atom. The zero-order valence-electron chi connectivity index (χ0n) is 20.0. The van der Waals surface area contributed by atoms with Crippen LogP contribution in [0.2, 0.25) is 6.55 Å². The molecule has 1 rings (SSSR count). The maximum absolute atomic E-state index is 5.32. The van der Waals surface area contributed by atoms with Crippen LogP contribution in [-0.4, -0.2) is 97.8 Å². The lowest BCUT2D eigenvalue weighted by Crippen LogP contribution is -2.54. The summed E-state index contributed by atoms with van der Waals surface area (Å²) >= 11 is 0. The Labute approximate surface area is 184 Å². The van der Waals surface area contributed by atoms with Crippen LogP contribution in [0.25, 0.3) is 0 Å². The van der Waals surface area contributed by atoms with Crippen molar-refractivity contribution in [1.82, 2.24) is 0 Å². The second-order valence-corrected chi connectivity index (χ2v) is 13.8. The first-order valence-electron chi connectivity index (χ1n) is 8.78. The predicted molar refractivity (Wildman–Crippen MR) is 119 cm³/mol. The molecule has 13 heteroatoms. The molecule has 1 aromatic carbocycles. The summed E-state index contributed by atoms with van der Waals surface area (Å²) in [6, 6.07) is 9.72. The molecule has 0 aliphatic rings. The Morgan fingerprint density at radius 2 is 0.800 bits per heavy atom. The molecule has 178 valence electrons. The molecule has 0 N–H and O–H groups in total. The number of rotatable bonds is 11. The molecule has 0 radical (unpaired) electrons. The molecular formula is C17H38O10Si3. The smallest absolute Gasteiger partial charge is 0.377 e. The van der Waals surface area contributed by atoms with Crippen molar-refractivity contribution < 1.29 is 44.3 Å². The lowest BCUT2D eigenvalue weighted by atomic mass is 10.4. The van der Waals surface area contributed by atoms with Gasteiger partial charge in [0.05, 0.1) is 0 Å². The minimum Gasteiger partial charge on any atom is -0.377 e. The van der Waals surface area contributed by atoms with E-state index in [-0.39, 0.29) is 0 Å². The van der Waals surface area contributed by atoms with Crippen molar-refractivity contribution in [2.24, 2.45) is 0 Å². The molecule has 1 aromatic rings. The van der Waals surface area contributed by atoms with Gasteiger partial charge in [0, 0.05) is 82.8 Å². The summed E-state index contributed by atoms with van der Waals surface area (Å²) in [6.45, 7) is 1.83. The van der Waals surface area contributed by atoms with E-state index in [1.165, 1.54) is 28.4 Å². The average Bonchev–Trinajstić information content (AvgIpc) is 2.83. The van der Waals surface area contributed by atoms with E-state index in [1.807, 2.05) is 36.9 Å². The zero-order valence-corrected chi connectivity index (χ0v) is 23.0. The molecule has 0 aliphatic carbocycles. The van der Waals surface area contributed by atoms with Crippen molar-refractivity contribution in [2.45, 2.75) is 6.55 Å². The fraction of sp³-hybridized carbons (Fsp3) is 0.647. The molecule has 0 saturated carbocycles. The highest BCUT2D eigenvalue weighted by atomic mass is 28.4. The summed E-state index contributed by atoms with van der Waals surface area (Å²) in [7, 11) is 8.06. The van der Waals surface area contributed by atoms with Crippen molar-refractivity contribution in [3.05, 3.63) is 30.3 Å². The van der Waals surface area contributed by atoms with Crippen molar-refractivity contribution in [3.8, 4) is 0 Å². The molecule has 0 saturated heterocycles. The van der Waals surface area contributed by atoms with Gasteiger partial charge < -0.3 is 44.3 Å². The molecule has 10 nitrogen and oxygen atoms in total. The van der Waals surface area contributed by atoms with Crippen LogP contribution in [0.3, 0.4) is 0 Å². The average molecular weight is 487 g/mol. The maximum Gasteiger partial charge on any atom is 0.678 e. The van der Waals surface area contributed by atoms with Crippen LogP contribution in [-0.2, 0) is 44.3 Å². The summed E-state index contributed by atoms with van der Waals surface area (Å²) in [5.41, 5.74) is 0. The second-order valence-electron chi connectivity index (χ2n) is 5.33. The Bertz CT molecular complexity index is 478. The van der Waals surface area contributed by atoms with Gasteiger partial charge >= 0.3 is 26.7 Å². The summed E-state index contributed by atoms with van der Waals surface area (Å²) in [4.78, 5) is 0. The third-order valence-corrected chi connectivity index (χ3v) is 10.9. The van der Waals surface area contributed by atoms with Gasteiger partial charge in [0.25, 0.3) is 0 Å². The van der Waals surface area contributed by atoms with Crippen LogP contribution in [0.5, 0.6) is 0 Å². The van der Waals surface area contributed by atoms with Crippen LogP contribution >= 0.6 is 0 Å². The van der Waals surface area contributed by atoms with E-state index in [0.717, 1.165) is 5.19 Å². The molecule has 0 aliphatic heterocycles. The first kappa shape index (κ1) is 31.7. The number of hydrogen-bond donors (Lipinski definition) is 0. The van der Waals surface area contributed by atoms with E-state index < -0.39 is 26.7 Å². The van der Waals surface area contributed by atoms with Gasteiger partial charge in [-0.05, 0) is 0 Å². The fourth-order valence-corrected chi connectivity index (χ4v) is 5.30. The van der Waals surface area contributed by atoms with Crippen molar-refractivity contribution in [3.63, 3.8) is 0 Å². The molecule has 0 fully saturated rings. The van der Waals surface area contributed by atoms with Crippen molar-refractivity contribution in [2.75, 3.05) is 71.1 Å². The standard InChI is InChI=1S/C9H14O3Si.C4H12O4Si.C4H12O3Si/c1-10-13(11-2,12-3)9-7-5-4-6-8-9;1-5-9(6-2,7-3)8-4;1-5-8(4,6-2)7-3/h4-8H,1-3H3;1-4H3;1-4H3. The SMILES string of the molecule is CO[Si](C)(OC)OC.CO[Si](OC)(OC)OC.CO[Si](OC)(OC)c1ccccc1. The molecule has 0 heterocycles. The van der Waals surface area contributed by atoms with Crippen LogP contribution in [0.1, 0.15) is 0 Å². The van der Waals surface area contributed by atoms with Crippen LogP contribution in [0, 0.1) is 0 Å². The van der Waals surface area contributed by atoms with E-state index in [1.54, 1.807) is 42.7 Å². The Hall–Kier alpha value is -0.529. The minimum absolute atomic E-state index is 0.975. The van der Waals surface area contributed by atoms with Crippen LogP contribution in [0.15, 0.2) is 30.3 Å². The van der Waals surface area contributed by atoms with E-state index in [4.69, 9.17) is 44.3 Å². The molecule has 0 aromatic heterocycles. The third-order valence-electron chi connectivity index (χ3n) is 4.05. The molecule has 0 unspecified atom stereocenters. The fourth-order valence-electron chi connectivity index (χ4n) is 2.00. The summed E-state index contributed by atoms with van der Waals surface area (Å²) in [5.74, 6) is 0. The highest BCUT2D eigenvalue weighted by Crippen LogP contribution is 2.06. The van der Waals surface area contributed by atoms with Gasteiger partial charge in [-0.3, -0.25) is 0 Å². The van der Waals surface area contributed by atoms with Gasteiger partial charge in [0.15, 0.2) is 0 Å². The van der Waals surface area contributed by atoms with Crippen molar-refractivity contribution in [1.29, 1.82) is 0 Å². The lowest BCUT2D eigenvalue weighted by molar-refractivity contribution is 0.0226. The second kappa shape index (κ2) is 17.1. The Balaban J connectivity index is 0. The van der Waals surface area contributed by atoms with E-state index in [2.05, 4.69) is 0 Å². The monoisotopic (exact) mass is 486 g/mol. The summed E-state index contributed by atoms with van der Waals surface area (Å²) in [6.07, 6.45) is 0. The zero-order chi connectivity index (χ0) is 23.7. The van der Waals surface area contributed by atoms with Gasteiger partial charge in [-0.2, -0.15) is 0 Å². The minimum atomic E-state index is -2.69. The quantitative estimate of drug-likeness (QED) is 0.426. The topological polar surface area (TPSA) is 92.3 Å². The van der Waals surface area contributed by atoms with E-state index in [0.29, 0.717) is 0 Å². The van der Waals surface area contributed by atoms with Crippen molar-refractivity contribution >= 4 is 31.8 Å². The lowest BCUT2D eigenvalue weighted by Gasteiger charge is -2.24. The predicted octanol–water partition coefficient (Wildman–Crippen LogP) is 1.27. The number of benzene rings is 1. The Kier molecular flexibility index (Phi) is 18.0. The van der Waals surface area contributed by atoms with Gasteiger partial charge in [-0.25, -0.2) is 0 Å². The first-order chi connectivity index (χ1) is 14.2. The normalized spacial score (nSPS) is 11.8. The van der Waals surface area contributed by atoms with E-state index in [9.17, 15) is 0 Å². The van der Waals surface area contributed by atoms with Gasteiger partial charge in [-0.1, -0.05) is 30.3 Å². The molecule has 0 amide bonds.